The molecule has 0 atom stereocenters. The Bertz CT molecular complexity index is 960. The number of hydrogen-bond acceptors (Lipinski definition) is 5. The van der Waals surface area contributed by atoms with E-state index in [1.54, 1.807) is 0 Å². The molecule has 0 saturated carbocycles. The van der Waals surface area contributed by atoms with Crippen molar-refractivity contribution in [3.05, 3.63) is 73.1 Å². The zero-order valence-corrected chi connectivity index (χ0v) is 10.7. The van der Waals surface area contributed by atoms with Gasteiger partial charge in [0.2, 0.25) is 0 Å². The number of halogens is 1. The topological polar surface area (TPSA) is 71.7 Å². The first-order valence-corrected chi connectivity index (χ1v) is 6.39. The molecule has 0 bridgehead atoms. The molecule has 0 amide bonds. The average Bonchev–Trinajstić information content (AvgIpc) is 2.77. The Balaban J connectivity index is 2.39. The summed E-state index contributed by atoms with van der Waals surface area (Å²) >= 11 is 0.904. The molecular weight excluding hydrogens is 283 g/mol. The van der Waals surface area contributed by atoms with Crippen LogP contribution in [0, 0.1) is 5.82 Å². The van der Waals surface area contributed by atoms with Crippen molar-refractivity contribution in [3.8, 4) is 0 Å². The van der Waals surface area contributed by atoms with Crippen molar-refractivity contribution in [2.75, 3.05) is 0 Å². The van der Waals surface area contributed by atoms with E-state index >= 15 is 0 Å². The minimum atomic E-state index is -0.634. The molecule has 7 heteroatoms. The van der Waals surface area contributed by atoms with E-state index in [0.29, 0.717) is 5.56 Å². The maximum Gasteiger partial charge on any atom is 0.281 e. The number of benzene rings is 1. The zero-order valence-electron chi connectivity index (χ0n) is 9.91. The Morgan fingerprint density at radius 1 is 1.20 bits per heavy atom. The van der Waals surface area contributed by atoms with Gasteiger partial charge in [-0.2, -0.15) is 0 Å². The molecule has 5 nitrogen and oxygen atoms in total. The summed E-state index contributed by atoms with van der Waals surface area (Å²) in [7, 11) is 0. The summed E-state index contributed by atoms with van der Waals surface area (Å²) in [5.74, 6) is -0.747. The third kappa shape index (κ3) is 1.88. The fourth-order valence-electron chi connectivity index (χ4n) is 1.78. The number of hydrogen-bond donors (Lipinski definition) is 1. The molecule has 0 aliphatic rings. The van der Waals surface area contributed by atoms with Gasteiger partial charge in [-0.25, -0.2) is 13.8 Å². The first-order valence-electron chi connectivity index (χ1n) is 5.58. The van der Waals surface area contributed by atoms with Crippen molar-refractivity contribution in [1.82, 2.24) is 9.38 Å². The van der Waals surface area contributed by atoms with Crippen LogP contribution in [0.15, 0.2) is 46.1 Å². The molecule has 0 saturated heterocycles. The molecule has 1 N–H and O–H groups in total. The summed E-state index contributed by atoms with van der Waals surface area (Å²) in [6, 6.07) is 6.22. The van der Waals surface area contributed by atoms with Crippen LogP contribution in [0.4, 0.5) is 4.39 Å². The minimum absolute atomic E-state index is 0.00703. The van der Waals surface area contributed by atoms with Crippen LogP contribution in [0.5, 0.6) is 0 Å². The zero-order chi connectivity index (χ0) is 14.3. The van der Waals surface area contributed by atoms with E-state index in [1.807, 2.05) is 0 Å². The second kappa shape index (κ2) is 4.53. The monoisotopic (exact) mass is 290 g/mol. The first kappa shape index (κ1) is 12.5. The van der Waals surface area contributed by atoms with Crippen LogP contribution in [0.3, 0.4) is 0 Å². The van der Waals surface area contributed by atoms with Gasteiger partial charge in [-0.15, -0.1) is 0 Å². The Morgan fingerprint density at radius 2 is 1.90 bits per heavy atom. The lowest BCUT2D eigenvalue weighted by Gasteiger charge is -1.97. The molecular formula is C13H7FN2O3S. The van der Waals surface area contributed by atoms with Gasteiger partial charge in [0.1, 0.15) is 16.1 Å². The van der Waals surface area contributed by atoms with Crippen LogP contribution in [-0.2, 0) is 0 Å². The highest BCUT2D eigenvalue weighted by Crippen LogP contribution is 2.10. The maximum atomic E-state index is 12.8. The summed E-state index contributed by atoms with van der Waals surface area (Å²) in [6.45, 7) is 0. The van der Waals surface area contributed by atoms with Gasteiger partial charge in [-0.3, -0.25) is 9.59 Å². The Kier molecular flexibility index (Phi) is 2.83. The number of fused-ring (bicyclic) bond motifs is 1. The van der Waals surface area contributed by atoms with Crippen molar-refractivity contribution < 1.29 is 9.50 Å². The number of aliphatic hydroxyl groups excluding tert-OH is 1. The van der Waals surface area contributed by atoms with Gasteiger partial charge in [-0.1, -0.05) is 11.3 Å². The largest absolute Gasteiger partial charge is 0.506 e. The molecule has 0 radical (unpaired) electrons. The molecule has 2 aromatic heterocycles. The highest BCUT2D eigenvalue weighted by Gasteiger charge is 2.11. The van der Waals surface area contributed by atoms with Crippen molar-refractivity contribution in [2.45, 2.75) is 0 Å². The van der Waals surface area contributed by atoms with Crippen LogP contribution in [0.1, 0.15) is 5.56 Å². The van der Waals surface area contributed by atoms with E-state index in [9.17, 15) is 19.1 Å². The fourth-order valence-corrected chi connectivity index (χ4v) is 2.73. The predicted molar refractivity (Wildman–Crippen MR) is 72.4 cm³/mol. The van der Waals surface area contributed by atoms with Crippen molar-refractivity contribution in [3.63, 3.8) is 0 Å². The highest BCUT2D eigenvalue weighted by molar-refractivity contribution is 7.15. The van der Waals surface area contributed by atoms with E-state index in [-0.39, 0.29) is 15.3 Å². The lowest BCUT2D eigenvalue weighted by molar-refractivity contribution is 0.508. The van der Waals surface area contributed by atoms with Crippen LogP contribution in [0.2, 0.25) is 0 Å². The second-order valence-corrected chi connectivity index (χ2v) is 4.97. The molecule has 2 heterocycles. The maximum absolute atomic E-state index is 12.8. The predicted octanol–water partition coefficient (Wildman–Crippen LogP) is 0.689. The number of rotatable bonds is 1. The smallest absolute Gasteiger partial charge is 0.281 e. The van der Waals surface area contributed by atoms with E-state index in [0.717, 1.165) is 15.7 Å². The summed E-state index contributed by atoms with van der Waals surface area (Å²) in [6.07, 6.45) is 1.30. The summed E-state index contributed by atoms with van der Waals surface area (Å²) in [5.41, 5.74) is -0.845. The first-order chi connectivity index (χ1) is 9.58. The third-order valence-corrected chi connectivity index (χ3v) is 3.78. The molecule has 3 rings (SSSR count). The molecule has 0 aliphatic heterocycles. The standard InChI is InChI=1S/C13H7FN2O3S/c14-8-3-1-7(2-4-8)10(18)11-12(19)16-9(17)5-6-15-13(16)20-11/h1-6,18H/b11-10-. The Hall–Kier alpha value is -2.54. The minimum Gasteiger partial charge on any atom is -0.506 e. The quantitative estimate of drug-likeness (QED) is 0.715. The van der Waals surface area contributed by atoms with Gasteiger partial charge in [0.25, 0.3) is 11.1 Å². The van der Waals surface area contributed by atoms with Gasteiger partial charge < -0.3 is 5.11 Å². The SMILES string of the molecule is O=c1ccnc2s/c(=C(\O)c3ccc(F)cc3)c(=O)n12. The van der Waals surface area contributed by atoms with Crippen LogP contribution in [-0.4, -0.2) is 14.5 Å². The number of thiazole rings is 1. The molecule has 0 unspecified atom stereocenters. The van der Waals surface area contributed by atoms with E-state index in [2.05, 4.69) is 4.98 Å². The highest BCUT2D eigenvalue weighted by atomic mass is 32.1. The summed E-state index contributed by atoms with van der Waals surface area (Å²) in [5, 5.41) is 10.1. The molecule has 20 heavy (non-hydrogen) atoms. The Labute approximate surface area is 114 Å². The molecule has 1 aromatic carbocycles. The molecule has 100 valence electrons. The van der Waals surface area contributed by atoms with Gasteiger partial charge in [0.15, 0.2) is 4.96 Å². The lowest BCUT2D eigenvalue weighted by atomic mass is 10.2. The molecule has 0 spiro atoms. The van der Waals surface area contributed by atoms with Gasteiger partial charge in [-0.05, 0) is 24.3 Å². The van der Waals surface area contributed by atoms with Gasteiger partial charge in [0.05, 0.1) is 0 Å². The average molecular weight is 290 g/mol. The van der Waals surface area contributed by atoms with Crippen LogP contribution >= 0.6 is 11.3 Å². The third-order valence-electron chi connectivity index (χ3n) is 2.74. The van der Waals surface area contributed by atoms with Gasteiger partial charge in [0, 0.05) is 17.8 Å². The van der Waals surface area contributed by atoms with Crippen LogP contribution < -0.4 is 15.7 Å². The van der Waals surface area contributed by atoms with E-state index in [1.165, 1.54) is 36.5 Å². The fraction of sp³-hybridized carbons (Fsp3) is 0. The normalized spacial score (nSPS) is 12.7. The van der Waals surface area contributed by atoms with E-state index < -0.39 is 16.9 Å². The van der Waals surface area contributed by atoms with Crippen molar-refractivity contribution in [2.24, 2.45) is 0 Å². The Morgan fingerprint density at radius 3 is 2.55 bits per heavy atom. The van der Waals surface area contributed by atoms with Crippen molar-refractivity contribution >= 4 is 22.1 Å². The summed E-state index contributed by atoms with van der Waals surface area (Å²) in [4.78, 5) is 27.8. The second-order valence-electron chi connectivity index (χ2n) is 3.99. The number of aromatic nitrogens is 2. The molecule has 3 aromatic rings. The number of nitrogens with zero attached hydrogens (tertiary/aromatic N) is 2. The number of aliphatic hydroxyl groups is 1. The molecule has 0 fully saturated rings. The molecule has 0 aliphatic carbocycles. The van der Waals surface area contributed by atoms with Crippen LogP contribution in [0.25, 0.3) is 10.7 Å². The van der Waals surface area contributed by atoms with Gasteiger partial charge >= 0.3 is 0 Å². The van der Waals surface area contributed by atoms with E-state index in [4.69, 9.17) is 0 Å². The summed E-state index contributed by atoms with van der Waals surface area (Å²) < 4.78 is 13.7. The van der Waals surface area contributed by atoms with Crippen molar-refractivity contribution in [1.29, 1.82) is 0 Å². The lowest BCUT2D eigenvalue weighted by Crippen LogP contribution is -2.31.